The van der Waals surface area contributed by atoms with Gasteiger partial charge >= 0.3 is 5.97 Å². The van der Waals surface area contributed by atoms with Crippen molar-refractivity contribution in [2.45, 2.75) is 19.6 Å². The van der Waals surface area contributed by atoms with Gasteiger partial charge in [-0.25, -0.2) is 4.79 Å². The van der Waals surface area contributed by atoms with Gasteiger partial charge in [-0.05, 0) is 23.9 Å². The third kappa shape index (κ3) is 3.69. The fourth-order valence-electron chi connectivity index (χ4n) is 2.50. The molecule has 0 aromatic heterocycles. The van der Waals surface area contributed by atoms with Crippen LogP contribution in [0.15, 0.2) is 72.8 Å². The predicted molar refractivity (Wildman–Crippen MR) is 93.3 cm³/mol. The van der Waals surface area contributed by atoms with Crippen LogP contribution in [0.4, 0.5) is 5.69 Å². The fourth-order valence-corrected chi connectivity index (χ4v) is 2.50. The van der Waals surface area contributed by atoms with E-state index in [0.29, 0.717) is 6.61 Å². The van der Waals surface area contributed by atoms with Gasteiger partial charge in [0, 0.05) is 11.1 Å². The SMILES string of the molecule is C[C@H](Nc1cccc2ccccc12)C(=O)OCc1ccccc1. The van der Waals surface area contributed by atoms with Gasteiger partial charge in [0.1, 0.15) is 12.6 Å². The summed E-state index contributed by atoms with van der Waals surface area (Å²) in [6, 6.07) is 23.4. The van der Waals surface area contributed by atoms with Gasteiger partial charge in [0.2, 0.25) is 0 Å². The largest absolute Gasteiger partial charge is 0.459 e. The van der Waals surface area contributed by atoms with E-state index in [1.165, 1.54) is 0 Å². The highest BCUT2D eigenvalue weighted by atomic mass is 16.5. The Morgan fingerprint density at radius 3 is 2.48 bits per heavy atom. The second kappa shape index (κ2) is 6.97. The van der Waals surface area contributed by atoms with Crippen LogP contribution < -0.4 is 5.32 Å². The lowest BCUT2D eigenvalue weighted by Gasteiger charge is -2.16. The Kier molecular flexibility index (Phi) is 4.57. The number of rotatable bonds is 5. The second-order valence-corrected chi connectivity index (χ2v) is 5.49. The van der Waals surface area contributed by atoms with Crippen LogP contribution in [0.1, 0.15) is 12.5 Å². The first kappa shape index (κ1) is 15.1. The van der Waals surface area contributed by atoms with Gasteiger partial charge in [0.25, 0.3) is 0 Å². The van der Waals surface area contributed by atoms with E-state index in [2.05, 4.69) is 17.4 Å². The molecule has 3 rings (SSSR count). The van der Waals surface area contributed by atoms with Crippen molar-refractivity contribution >= 4 is 22.4 Å². The normalized spacial score (nSPS) is 11.9. The number of esters is 1. The van der Waals surface area contributed by atoms with Crippen LogP contribution in [0, 0.1) is 0 Å². The van der Waals surface area contributed by atoms with Crippen molar-refractivity contribution in [2.75, 3.05) is 5.32 Å². The van der Waals surface area contributed by atoms with Crippen molar-refractivity contribution in [1.29, 1.82) is 0 Å². The van der Waals surface area contributed by atoms with Crippen molar-refractivity contribution in [3.63, 3.8) is 0 Å². The summed E-state index contributed by atoms with van der Waals surface area (Å²) in [7, 11) is 0. The molecule has 0 heterocycles. The topological polar surface area (TPSA) is 38.3 Å². The molecule has 3 heteroatoms. The van der Waals surface area contributed by atoms with Crippen molar-refractivity contribution in [2.24, 2.45) is 0 Å². The average Bonchev–Trinajstić information content (AvgIpc) is 2.61. The molecule has 0 aliphatic rings. The highest BCUT2D eigenvalue weighted by Crippen LogP contribution is 2.23. The maximum absolute atomic E-state index is 12.2. The van der Waals surface area contributed by atoms with Crippen molar-refractivity contribution in [3.05, 3.63) is 78.4 Å². The molecule has 0 bridgehead atoms. The fraction of sp³-hybridized carbons (Fsp3) is 0.150. The van der Waals surface area contributed by atoms with E-state index in [1.807, 2.05) is 67.6 Å². The zero-order valence-corrected chi connectivity index (χ0v) is 13.0. The Labute approximate surface area is 135 Å². The summed E-state index contributed by atoms with van der Waals surface area (Å²) in [4.78, 5) is 12.2. The Bertz CT molecular complexity index is 794. The van der Waals surface area contributed by atoms with E-state index in [-0.39, 0.29) is 5.97 Å². The van der Waals surface area contributed by atoms with Gasteiger partial charge < -0.3 is 10.1 Å². The molecule has 0 aliphatic heterocycles. The Hall–Kier alpha value is -2.81. The third-order valence-corrected chi connectivity index (χ3v) is 3.74. The van der Waals surface area contributed by atoms with Crippen LogP contribution in [0.5, 0.6) is 0 Å². The molecule has 1 atom stereocenters. The minimum Gasteiger partial charge on any atom is -0.459 e. The van der Waals surface area contributed by atoms with Crippen LogP contribution in [0.25, 0.3) is 10.8 Å². The van der Waals surface area contributed by atoms with Gasteiger partial charge in [-0.1, -0.05) is 66.7 Å². The number of fused-ring (bicyclic) bond motifs is 1. The molecule has 23 heavy (non-hydrogen) atoms. The molecule has 0 unspecified atom stereocenters. The minimum absolute atomic E-state index is 0.262. The number of carbonyl (C=O) groups excluding carboxylic acids is 1. The summed E-state index contributed by atoms with van der Waals surface area (Å²) in [5.74, 6) is -0.262. The highest BCUT2D eigenvalue weighted by molar-refractivity contribution is 5.95. The molecule has 116 valence electrons. The zero-order chi connectivity index (χ0) is 16.1. The van der Waals surface area contributed by atoms with Crippen LogP contribution in [0.2, 0.25) is 0 Å². The summed E-state index contributed by atoms with van der Waals surface area (Å²) in [6.45, 7) is 2.11. The van der Waals surface area contributed by atoms with Crippen molar-refractivity contribution < 1.29 is 9.53 Å². The molecule has 0 amide bonds. The van der Waals surface area contributed by atoms with Crippen molar-refractivity contribution in [3.8, 4) is 0 Å². The standard InChI is InChI=1S/C20H19NO2/c1-15(20(22)23-14-16-8-3-2-4-9-16)21-19-13-7-11-17-10-5-6-12-18(17)19/h2-13,15,21H,14H2,1H3/t15-/m0/s1. The second-order valence-electron chi connectivity index (χ2n) is 5.49. The number of hydrogen-bond donors (Lipinski definition) is 1. The lowest BCUT2D eigenvalue weighted by Crippen LogP contribution is -2.28. The number of carbonyl (C=O) groups is 1. The van der Waals surface area contributed by atoms with Gasteiger partial charge in [0.15, 0.2) is 0 Å². The maximum Gasteiger partial charge on any atom is 0.328 e. The number of benzene rings is 3. The molecule has 3 aromatic rings. The Morgan fingerprint density at radius 2 is 1.65 bits per heavy atom. The molecule has 0 fully saturated rings. The Morgan fingerprint density at radius 1 is 0.957 bits per heavy atom. The molecular formula is C20H19NO2. The Balaban J connectivity index is 1.66. The first-order valence-corrected chi connectivity index (χ1v) is 7.69. The molecule has 3 nitrogen and oxygen atoms in total. The van der Waals surface area contributed by atoms with Gasteiger partial charge in [-0.15, -0.1) is 0 Å². The van der Waals surface area contributed by atoms with Crippen LogP contribution in [-0.4, -0.2) is 12.0 Å². The third-order valence-electron chi connectivity index (χ3n) is 3.74. The quantitative estimate of drug-likeness (QED) is 0.711. The average molecular weight is 305 g/mol. The van der Waals surface area contributed by atoms with E-state index in [4.69, 9.17) is 4.74 Å². The van der Waals surface area contributed by atoms with E-state index in [0.717, 1.165) is 22.0 Å². The summed E-state index contributed by atoms with van der Waals surface area (Å²) < 4.78 is 5.37. The van der Waals surface area contributed by atoms with E-state index < -0.39 is 6.04 Å². The monoisotopic (exact) mass is 305 g/mol. The number of ether oxygens (including phenoxy) is 1. The number of nitrogens with one attached hydrogen (secondary N) is 1. The van der Waals surface area contributed by atoms with Crippen LogP contribution in [-0.2, 0) is 16.1 Å². The van der Waals surface area contributed by atoms with Gasteiger partial charge in [-0.3, -0.25) is 0 Å². The summed E-state index contributed by atoms with van der Waals surface area (Å²) in [6.07, 6.45) is 0. The smallest absolute Gasteiger partial charge is 0.328 e. The molecule has 0 aliphatic carbocycles. The molecule has 0 spiro atoms. The van der Waals surface area contributed by atoms with Gasteiger partial charge in [-0.2, -0.15) is 0 Å². The minimum atomic E-state index is -0.412. The van der Waals surface area contributed by atoms with Crippen LogP contribution >= 0.6 is 0 Å². The summed E-state index contributed by atoms with van der Waals surface area (Å²) in [5, 5.41) is 5.48. The summed E-state index contributed by atoms with van der Waals surface area (Å²) in [5.41, 5.74) is 1.92. The highest BCUT2D eigenvalue weighted by Gasteiger charge is 2.15. The first-order chi connectivity index (χ1) is 11.2. The maximum atomic E-state index is 12.2. The van der Waals surface area contributed by atoms with E-state index in [9.17, 15) is 4.79 Å². The van der Waals surface area contributed by atoms with Gasteiger partial charge in [0.05, 0.1) is 0 Å². The zero-order valence-electron chi connectivity index (χ0n) is 13.0. The first-order valence-electron chi connectivity index (χ1n) is 7.69. The lowest BCUT2D eigenvalue weighted by molar-refractivity contribution is -0.145. The van der Waals surface area contributed by atoms with E-state index >= 15 is 0 Å². The lowest BCUT2D eigenvalue weighted by atomic mass is 10.1. The molecule has 3 aromatic carbocycles. The number of anilines is 1. The van der Waals surface area contributed by atoms with Crippen molar-refractivity contribution in [1.82, 2.24) is 0 Å². The molecular weight excluding hydrogens is 286 g/mol. The predicted octanol–water partition coefficient (Wildman–Crippen LogP) is 4.38. The molecule has 0 saturated carbocycles. The summed E-state index contributed by atoms with van der Waals surface area (Å²) >= 11 is 0. The molecule has 0 radical (unpaired) electrons. The number of hydrogen-bond acceptors (Lipinski definition) is 3. The van der Waals surface area contributed by atoms with Crippen LogP contribution in [0.3, 0.4) is 0 Å². The van der Waals surface area contributed by atoms with E-state index in [1.54, 1.807) is 0 Å². The molecule has 1 N–H and O–H groups in total. The molecule has 0 saturated heterocycles.